The molecule has 1 aromatic carbocycles. The molecule has 0 saturated heterocycles. The molecule has 0 spiro atoms. The molecule has 1 unspecified atom stereocenters. The lowest BCUT2D eigenvalue weighted by Crippen LogP contribution is -2.20. The van der Waals surface area contributed by atoms with Gasteiger partial charge in [0, 0.05) is 0 Å². The molecule has 3 heteroatoms. The Balaban J connectivity index is 2.62. The quantitative estimate of drug-likeness (QED) is 0.622. The van der Waals surface area contributed by atoms with Gasteiger partial charge in [0.2, 0.25) is 0 Å². The van der Waals surface area contributed by atoms with Crippen molar-refractivity contribution in [1.29, 1.82) is 0 Å². The van der Waals surface area contributed by atoms with E-state index in [2.05, 4.69) is 12.6 Å². The fourth-order valence-corrected chi connectivity index (χ4v) is 1.55. The van der Waals surface area contributed by atoms with Crippen LogP contribution < -0.4 is 4.74 Å². The summed E-state index contributed by atoms with van der Waals surface area (Å²) in [5.74, 6) is 0.803. The van der Waals surface area contributed by atoms with Gasteiger partial charge in [-0.05, 0) is 50.0 Å². The molecule has 0 aliphatic carbocycles. The molecule has 0 amide bonds. The monoisotopic (exact) mass is 238 g/mol. The van der Waals surface area contributed by atoms with Crippen LogP contribution >= 0.6 is 12.6 Å². The zero-order chi connectivity index (χ0) is 12.0. The second-order valence-electron chi connectivity index (χ2n) is 3.76. The van der Waals surface area contributed by atoms with Gasteiger partial charge in [0.1, 0.15) is 5.75 Å². The predicted molar refractivity (Wildman–Crippen MR) is 70.8 cm³/mol. The Morgan fingerprint density at radius 1 is 1.25 bits per heavy atom. The maximum atomic E-state index is 5.63. The van der Waals surface area contributed by atoms with Crippen LogP contribution in [0, 0.1) is 0 Å². The fraction of sp³-hybridized carbons (Fsp3) is 0.385. The predicted octanol–water partition coefficient (Wildman–Crippen LogP) is 3.74. The zero-order valence-corrected chi connectivity index (χ0v) is 10.8. The maximum Gasteiger partial charge on any atom is 0.197 e. The van der Waals surface area contributed by atoms with Gasteiger partial charge in [-0.2, -0.15) is 12.6 Å². The van der Waals surface area contributed by atoms with Crippen molar-refractivity contribution in [3.63, 3.8) is 0 Å². The maximum absolute atomic E-state index is 5.63. The largest absolute Gasteiger partial charge is 0.465 e. The highest BCUT2D eigenvalue weighted by Crippen LogP contribution is 2.16. The van der Waals surface area contributed by atoms with Gasteiger partial charge in [-0.15, -0.1) is 0 Å². The van der Waals surface area contributed by atoms with Gasteiger partial charge in [0.05, 0.1) is 6.10 Å². The molecule has 0 aliphatic rings. The van der Waals surface area contributed by atoms with Crippen molar-refractivity contribution < 1.29 is 9.47 Å². The molecule has 0 heterocycles. The normalized spacial score (nSPS) is 13.3. The molecule has 16 heavy (non-hydrogen) atoms. The highest BCUT2D eigenvalue weighted by atomic mass is 32.1. The van der Waals surface area contributed by atoms with Crippen LogP contribution in [0.3, 0.4) is 0 Å². The van der Waals surface area contributed by atoms with Crippen LogP contribution in [-0.4, -0.2) is 12.4 Å². The first-order valence-corrected chi connectivity index (χ1v) is 5.86. The van der Waals surface area contributed by atoms with Crippen LogP contribution in [-0.2, 0) is 4.74 Å². The third-order valence-electron chi connectivity index (χ3n) is 1.89. The van der Waals surface area contributed by atoms with Crippen LogP contribution in [0.15, 0.2) is 29.7 Å². The van der Waals surface area contributed by atoms with Crippen LogP contribution in [0.4, 0.5) is 0 Å². The van der Waals surface area contributed by atoms with E-state index in [0.29, 0.717) is 0 Å². The van der Waals surface area contributed by atoms with Crippen molar-refractivity contribution in [1.82, 2.24) is 0 Å². The molecule has 2 nitrogen and oxygen atoms in total. The number of thiol groups is 1. The third kappa shape index (κ3) is 4.73. The lowest BCUT2D eigenvalue weighted by molar-refractivity contribution is -0.0950. The van der Waals surface area contributed by atoms with Gasteiger partial charge in [-0.25, -0.2) is 0 Å². The molecule has 0 saturated carbocycles. The van der Waals surface area contributed by atoms with Crippen LogP contribution in [0.2, 0.25) is 0 Å². The molecular formula is C13H18O2S. The molecular weight excluding hydrogens is 220 g/mol. The number of rotatable bonds is 5. The first-order valence-electron chi connectivity index (χ1n) is 5.34. The van der Waals surface area contributed by atoms with E-state index in [1.807, 2.05) is 51.1 Å². The van der Waals surface area contributed by atoms with Gasteiger partial charge in [-0.3, -0.25) is 0 Å². The summed E-state index contributed by atoms with van der Waals surface area (Å²) in [5.41, 5.74) is 1.06. The topological polar surface area (TPSA) is 18.5 Å². The number of hydrogen-bond donors (Lipinski definition) is 1. The summed E-state index contributed by atoms with van der Waals surface area (Å²) in [6.45, 7) is 5.86. The fourth-order valence-electron chi connectivity index (χ4n) is 1.38. The SMILES string of the molecule is CC(C)OC(C)Oc1cccc(C=CS)c1. The average molecular weight is 238 g/mol. The van der Waals surface area contributed by atoms with Crippen molar-refractivity contribution in [2.24, 2.45) is 0 Å². The second-order valence-corrected chi connectivity index (χ2v) is 4.06. The Hall–Kier alpha value is -0.930. The van der Waals surface area contributed by atoms with Gasteiger partial charge < -0.3 is 9.47 Å². The standard InChI is InChI=1S/C13H18O2S/c1-10(2)14-11(3)15-13-6-4-5-12(9-13)7-8-16/h4-11,16H,1-3H3. The van der Waals surface area contributed by atoms with E-state index >= 15 is 0 Å². The summed E-state index contributed by atoms with van der Waals surface area (Å²) in [6.07, 6.45) is 1.83. The minimum atomic E-state index is -0.241. The molecule has 1 rings (SSSR count). The van der Waals surface area contributed by atoms with E-state index < -0.39 is 0 Å². The molecule has 0 bridgehead atoms. The van der Waals surface area contributed by atoms with Crippen molar-refractivity contribution >= 4 is 18.7 Å². The Morgan fingerprint density at radius 3 is 2.62 bits per heavy atom. The smallest absolute Gasteiger partial charge is 0.197 e. The Labute approximate surface area is 103 Å². The van der Waals surface area contributed by atoms with Crippen molar-refractivity contribution in [3.05, 3.63) is 35.2 Å². The van der Waals surface area contributed by atoms with Crippen molar-refractivity contribution in [2.75, 3.05) is 0 Å². The summed E-state index contributed by atoms with van der Waals surface area (Å²) in [5, 5.41) is 1.70. The van der Waals surface area contributed by atoms with Crippen molar-refractivity contribution in [3.8, 4) is 5.75 Å². The second kappa shape index (κ2) is 6.61. The first kappa shape index (κ1) is 13.1. The van der Waals surface area contributed by atoms with E-state index in [-0.39, 0.29) is 12.4 Å². The molecule has 0 fully saturated rings. The molecule has 88 valence electrons. The molecule has 0 N–H and O–H groups in total. The molecule has 1 aromatic rings. The van der Waals surface area contributed by atoms with Gasteiger partial charge in [0.15, 0.2) is 6.29 Å². The minimum absolute atomic E-state index is 0.163. The Kier molecular flexibility index (Phi) is 5.43. The molecule has 1 atom stereocenters. The van der Waals surface area contributed by atoms with Gasteiger partial charge in [-0.1, -0.05) is 12.1 Å². The van der Waals surface area contributed by atoms with Gasteiger partial charge in [0.25, 0.3) is 0 Å². The molecule has 0 aliphatic heterocycles. The summed E-state index contributed by atoms with van der Waals surface area (Å²) < 4.78 is 11.1. The summed E-state index contributed by atoms with van der Waals surface area (Å²) >= 11 is 4.04. The molecule has 0 radical (unpaired) electrons. The Morgan fingerprint density at radius 2 is 2.00 bits per heavy atom. The average Bonchev–Trinajstić information content (AvgIpc) is 2.17. The van der Waals surface area contributed by atoms with Crippen LogP contribution in [0.25, 0.3) is 6.08 Å². The van der Waals surface area contributed by atoms with Crippen LogP contribution in [0.5, 0.6) is 5.75 Å². The highest BCUT2D eigenvalue weighted by molar-refractivity contribution is 7.83. The number of ether oxygens (including phenoxy) is 2. The van der Waals surface area contributed by atoms with Gasteiger partial charge >= 0.3 is 0 Å². The minimum Gasteiger partial charge on any atom is -0.465 e. The van der Waals surface area contributed by atoms with E-state index in [1.54, 1.807) is 5.41 Å². The summed E-state index contributed by atoms with van der Waals surface area (Å²) in [6, 6.07) is 7.80. The van der Waals surface area contributed by atoms with Crippen molar-refractivity contribution in [2.45, 2.75) is 33.2 Å². The lowest BCUT2D eigenvalue weighted by atomic mass is 10.2. The van der Waals surface area contributed by atoms with E-state index in [1.165, 1.54) is 0 Å². The van der Waals surface area contributed by atoms with Crippen LogP contribution in [0.1, 0.15) is 26.3 Å². The first-order chi connectivity index (χ1) is 7.61. The third-order valence-corrected chi connectivity index (χ3v) is 2.04. The van der Waals surface area contributed by atoms with E-state index in [0.717, 1.165) is 11.3 Å². The highest BCUT2D eigenvalue weighted by Gasteiger charge is 2.06. The number of benzene rings is 1. The summed E-state index contributed by atoms with van der Waals surface area (Å²) in [7, 11) is 0. The Bertz CT molecular complexity index is 348. The number of hydrogen-bond acceptors (Lipinski definition) is 3. The summed E-state index contributed by atoms with van der Waals surface area (Å²) in [4.78, 5) is 0. The lowest BCUT2D eigenvalue weighted by Gasteiger charge is -2.17. The molecule has 0 aromatic heterocycles. The zero-order valence-electron chi connectivity index (χ0n) is 9.88. The van der Waals surface area contributed by atoms with E-state index in [4.69, 9.17) is 9.47 Å². The van der Waals surface area contributed by atoms with E-state index in [9.17, 15) is 0 Å².